The summed E-state index contributed by atoms with van der Waals surface area (Å²) in [5, 5.41) is 7.75. The van der Waals surface area contributed by atoms with Gasteiger partial charge in [-0.1, -0.05) is 69.0 Å². The predicted octanol–water partition coefficient (Wildman–Crippen LogP) is 3.86. The standard InChI is InChI=1S/C23H25N3O4S3/c1-14(20(27)25-17-9-11-18(12-10-17)33(24,29)30)26-21(28)19(32-22(26)31)13-15-5-7-16(8-6-15)23(2,3)4/h5-14H,1-4H3,(H,25,27)(H2,24,29,30)/b19-13-. The van der Waals surface area contributed by atoms with Crippen molar-refractivity contribution in [1.29, 1.82) is 0 Å². The quantitative estimate of drug-likeness (QED) is 0.474. The Balaban J connectivity index is 1.73. The number of rotatable bonds is 5. The molecule has 174 valence electrons. The fourth-order valence-electron chi connectivity index (χ4n) is 3.14. The van der Waals surface area contributed by atoms with Gasteiger partial charge in [-0.2, -0.15) is 0 Å². The molecule has 0 spiro atoms. The normalized spacial score (nSPS) is 16.9. The molecule has 3 N–H and O–H groups in total. The van der Waals surface area contributed by atoms with E-state index in [0.717, 1.165) is 17.3 Å². The van der Waals surface area contributed by atoms with Gasteiger partial charge in [0.05, 0.1) is 9.80 Å². The first-order valence-electron chi connectivity index (χ1n) is 10.1. The summed E-state index contributed by atoms with van der Waals surface area (Å²) in [4.78, 5) is 27.4. The summed E-state index contributed by atoms with van der Waals surface area (Å²) in [7, 11) is -3.83. The van der Waals surface area contributed by atoms with Gasteiger partial charge in [-0.25, -0.2) is 13.6 Å². The van der Waals surface area contributed by atoms with E-state index in [1.807, 2.05) is 24.3 Å². The van der Waals surface area contributed by atoms with E-state index in [0.29, 0.717) is 14.9 Å². The monoisotopic (exact) mass is 503 g/mol. The van der Waals surface area contributed by atoms with Gasteiger partial charge < -0.3 is 5.32 Å². The molecule has 0 aliphatic carbocycles. The number of carbonyl (C=O) groups is 2. The average molecular weight is 504 g/mol. The number of carbonyl (C=O) groups excluding carboxylic acids is 2. The molecule has 0 radical (unpaired) electrons. The fraction of sp³-hybridized carbons (Fsp3) is 0.261. The fourth-order valence-corrected chi connectivity index (χ4v) is 5.07. The van der Waals surface area contributed by atoms with E-state index < -0.39 is 22.0 Å². The number of nitrogens with one attached hydrogen (secondary N) is 1. The highest BCUT2D eigenvalue weighted by atomic mass is 32.2. The predicted molar refractivity (Wildman–Crippen MR) is 136 cm³/mol. The van der Waals surface area contributed by atoms with E-state index >= 15 is 0 Å². The third kappa shape index (κ3) is 5.89. The zero-order valence-electron chi connectivity index (χ0n) is 18.7. The number of hydrogen-bond acceptors (Lipinski definition) is 6. The maximum Gasteiger partial charge on any atom is 0.266 e. The van der Waals surface area contributed by atoms with Crippen LogP contribution in [0.4, 0.5) is 5.69 Å². The van der Waals surface area contributed by atoms with Crippen LogP contribution >= 0.6 is 24.0 Å². The molecule has 1 fully saturated rings. The van der Waals surface area contributed by atoms with Gasteiger partial charge in [0.2, 0.25) is 15.9 Å². The molecule has 7 nitrogen and oxygen atoms in total. The minimum Gasteiger partial charge on any atom is -0.324 e. The van der Waals surface area contributed by atoms with E-state index in [4.69, 9.17) is 17.4 Å². The van der Waals surface area contributed by atoms with Crippen molar-refractivity contribution in [1.82, 2.24) is 4.90 Å². The minimum absolute atomic E-state index is 0.0314. The lowest BCUT2D eigenvalue weighted by Crippen LogP contribution is -2.44. The number of thioether (sulfide) groups is 1. The Morgan fingerprint density at radius 2 is 1.70 bits per heavy atom. The van der Waals surface area contributed by atoms with Gasteiger partial charge in [-0.15, -0.1) is 0 Å². The number of thiocarbonyl (C=S) groups is 1. The van der Waals surface area contributed by atoms with Crippen molar-refractivity contribution in [3.8, 4) is 0 Å². The van der Waals surface area contributed by atoms with Crippen LogP contribution in [0.15, 0.2) is 58.3 Å². The maximum atomic E-state index is 13.0. The second-order valence-corrected chi connectivity index (χ2v) is 11.9. The molecule has 2 amide bonds. The number of anilines is 1. The lowest BCUT2D eigenvalue weighted by molar-refractivity contribution is -0.129. The van der Waals surface area contributed by atoms with Crippen molar-refractivity contribution >= 4 is 61.9 Å². The van der Waals surface area contributed by atoms with Crippen LogP contribution in [0.1, 0.15) is 38.8 Å². The van der Waals surface area contributed by atoms with Crippen molar-refractivity contribution in [3.05, 3.63) is 64.6 Å². The number of sulfonamides is 1. The van der Waals surface area contributed by atoms with Gasteiger partial charge in [0, 0.05) is 5.69 Å². The molecule has 10 heteroatoms. The highest BCUT2D eigenvalue weighted by Gasteiger charge is 2.38. The average Bonchev–Trinajstić information content (AvgIpc) is 2.99. The third-order valence-electron chi connectivity index (χ3n) is 5.12. The lowest BCUT2D eigenvalue weighted by atomic mass is 9.87. The molecule has 1 aliphatic heterocycles. The van der Waals surface area contributed by atoms with Crippen LogP contribution in [0.5, 0.6) is 0 Å². The summed E-state index contributed by atoms with van der Waals surface area (Å²) in [6.45, 7) is 7.98. The summed E-state index contributed by atoms with van der Waals surface area (Å²) < 4.78 is 23.0. The molecule has 2 aromatic carbocycles. The van der Waals surface area contributed by atoms with Gasteiger partial charge in [-0.05, 0) is 53.8 Å². The van der Waals surface area contributed by atoms with Gasteiger partial charge in [0.15, 0.2) is 0 Å². The summed E-state index contributed by atoms with van der Waals surface area (Å²) in [5.41, 5.74) is 2.47. The summed E-state index contributed by atoms with van der Waals surface area (Å²) in [6, 6.07) is 12.6. The zero-order valence-corrected chi connectivity index (χ0v) is 21.1. The van der Waals surface area contributed by atoms with Crippen molar-refractivity contribution in [3.63, 3.8) is 0 Å². The molecule has 0 aromatic heterocycles. The van der Waals surface area contributed by atoms with Crippen molar-refractivity contribution in [2.45, 2.75) is 44.0 Å². The molecule has 0 saturated carbocycles. The third-order valence-corrected chi connectivity index (χ3v) is 7.37. The van der Waals surface area contributed by atoms with E-state index in [1.165, 1.54) is 34.7 Å². The first-order valence-corrected chi connectivity index (χ1v) is 12.9. The molecule has 2 aromatic rings. The molecule has 1 unspecified atom stereocenters. The van der Waals surface area contributed by atoms with Crippen LogP contribution in [-0.2, 0) is 25.0 Å². The molecular weight excluding hydrogens is 478 g/mol. The Morgan fingerprint density at radius 3 is 2.21 bits per heavy atom. The first kappa shape index (κ1) is 25.1. The molecule has 1 aliphatic rings. The first-order chi connectivity index (χ1) is 15.3. The van der Waals surface area contributed by atoms with Gasteiger partial charge in [0.25, 0.3) is 5.91 Å². The van der Waals surface area contributed by atoms with E-state index in [-0.39, 0.29) is 16.2 Å². The highest BCUT2D eigenvalue weighted by Crippen LogP contribution is 2.34. The van der Waals surface area contributed by atoms with E-state index in [1.54, 1.807) is 13.0 Å². The number of benzene rings is 2. The Morgan fingerprint density at radius 1 is 1.12 bits per heavy atom. The number of nitrogens with two attached hydrogens (primary N) is 1. The number of nitrogens with zero attached hydrogens (tertiary/aromatic N) is 1. The molecular formula is C23H25N3O4S3. The van der Waals surface area contributed by atoms with Crippen LogP contribution in [0.2, 0.25) is 0 Å². The Bertz CT molecular complexity index is 1230. The van der Waals surface area contributed by atoms with E-state index in [2.05, 4.69) is 26.1 Å². The molecule has 3 rings (SSSR count). The molecule has 1 heterocycles. The maximum absolute atomic E-state index is 13.0. The summed E-state index contributed by atoms with van der Waals surface area (Å²) >= 11 is 6.52. The minimum atomic E-state index is -3.83. The van der Waals surface area contributed by atoms with Gasteiger partial charge in [0.1, 0.15) is 10.4 Å². The number of hydrogen-bond donors (Lipinski definition) is 2. The summed E-state index contributed by atoms with van der Waals surface area (Å²) in [6.07, 6.45) is 1.77. The zero-order chi connectivity index (χ0) is 24.6. The Labute approximate surface area is 203 Å². The van der Waals surface area contributed by atoms with Crippen molar-refractivity contribution in [2.75, 3.05) is 5.32 Å². The van der Waals surface area contributed by atoms with E-state index in [9.17, 15) is 18.0 Å². The topological polar surface area (TPSA) is 110 Å². The second kappa shape index (κ2) is 9.38. The molecule has 1 saturated heterocycles. The molecule has 0 bridgehead atoms. The Hall–Kier alpha value is -2.53. The van der Waals surface area contributed by atoms with Crippen LogP contribution in [0.3, 0.4) is 0 Å². The summed E-state index contributed by atoms with van der Waals surface area (Å²) in [5.74, 6) is -0.789. The van der Waals surface area contributed by atoms with Crippen molar-refractivity contribution < 1.29 is 18.0 Å². The van der Waals surface area contributed by atoms with Crippen LogP contribution in [0, 0.1) is 0 Å². The molecule has 1 atom stereocenters. The van der Waals surface area contributed by atoms with Crippen molar-refractivity contribution in [2.24, 2.45) is 5.14 Å². The second-order valence-electron chi connectivity index (χ2n) is 8.66. The smallest absolute Gasteiger partial charge is 0.266 e. The Kier molecular flexibility index (Phi) is 7.13. The van der Waals surface area contributed by atoms with Gasteiger partial charge in [-0.3, -0.25) is 14.5 Å². The number of amides is 2. The largest absolute Gasteiger partial charge is 0.324 e. The highest BCUT2D eigenvalue weighted by molar-refractivity contribution is 8.26. The lowest BCUT2D eigenvalue weighted by Gasteiger charge is -2.22. The molecule has 33 heavy (non-hydrogen) atoms. The van der Waals surface area contributed by atoms with Crippen LogP contribution < -0.4 is 10.5 Å². The SMILES string of the molecule is CC(C(=O)Nc1ccc(S(N)(=O)=O)cc1)N1C(=O)/C(=C/c2ccc(C(C)(C)C)cc2)SC1=S. The van der Waals surface area contributed by atoms with Crippen LogP contribution in [-0.4, -0.2) is 35.5 Å². The number of primary sulfonamides is 1. The van der Waals surface area contributed by atoms with Gasteiger partial charge >= 0.3 is 0 Å². The van der Waals surface area contributed by atoms with Crippen LogP contribution in [0.25, 0.3) is 6.08 Å².